The molecule has 45 heavy (non-hydrogen) atoms. The van der Waals surface area contributed by atoms with E-state index in [1.54, 1.807) is 6.07 Å². The minimum Gasteiger partial charge on any atom is -0.495 e. The van der Waals surface area contributed by atoms with Crippen LogP contribution in [0.4, 0.5) is 0 Å². The molecule has 0 amide bonds. The zero-order valence-electron chi connectivity index (χ0n) is 27.4. The van der Waals surface area contributed by atoms with E-state index in [-0.39, 0.29) is 35.8 Å². The number of hydrogen-bond donors (Lipinski definition) is 0. The molecule has 0 saturated heterocycles. The fraction of sp³-hybridized carbons (Fsp3) is 0.485. The van der Waals surface area contributed by atoms with Crippen LogP contribution in [0.5, 0.6) is 11.5 Å². The van der Waals surface area contributed by atoms with Crippen LogP contribution in [0.3, 0.4) is 0 Å². The highest BCUT2D eigenvalue weighted by Crippen LogP contribution is 2.42. The maximum atomic E-state index is 13.9. The van der Waals surface area contributed by atoms with Gasteiger partial charge in [-0.3, -0.25) is 14.6 Å². The van der Waals surface area contributed by atoms with Crippen molar-refractivity contribution in [3.8, 4) is 11.5 Å². The molecule has 3 atom stereocenters. The van der Waals surface area contributed by atoms with Crippen LogP contribution in [0, 0.1) is 12.8 Å². The lowest BCUT2D eigenvalue weighted by Gasteiger charge is -2.26. The average molecular weight is 673 g/mol. The van der Waals surface area contributed by atoms with Gasteiger partial charge in [-0.05, 0) is 48.2 Å². The van der Waals surface area contributed by atoms with Crippen molar-refractivity contribution >= 4 is 41.2 Å². The minimum absolute atomic E-state index is 0.0461. The lowest BCUT2D eigenvalue weighted by molar-refractivity contribution is -0.147. The highest BCUT2D eigenvalue weighted by atomic mass is 32.2. The van der Waals surface area contributed by atoms with Crippen molar-refractivity contribution < 1.29 is 32.2 Å². The van der Waals surface area contributed by atoms with Crippen molar-refractivity contribution in [2.24, 2.45) is 5.92 Å². The number of thiophene rings is 1. The molecule has 0 saturated carbocycles. The first-order valence-corrected chi connectivity index (χ1v) is 21.2. The van der Waals surface area contributed by atoms with Crippen molar-refractivity contribution in [3.05, 3.63) is 69.2 Å². The van der Waals surface area contributed by atoms with Gasteiger partial charge in [0.2, 0.25) is 10.0 Å². The fourth-order valence-electron chi connectivity index (χ4n) is 5.31. The number of Topliss-reactive ketones (excluding diaryl/α,β-unsaturated/α-hetero) is 1. The smallest absolute Gasteiger partial charge is 0.309 e. The van der Waals surface area contributed by atoms with Crippen molar-refractivity contribution in [1.29, 1.82) is 0 Å². The molecule has 3 heterocycles. The molecule has 2 unspecified atom stereocenters. The topological polar surface area (TPSA) is 112 Å². The number of esters is 1. The summed E-state index contributed by atoms with van der Waals surface area (Å²) >= 11 is 1.31. The van der Waals surface area contributed by atoms with E-state index in [1.807, 2.05) is 45.0 Å². The quantitative estimate of drug-likeness (QED) is 0.119. The number of benzene rings is 1. The van der Waals surface area contributed by atoms with Gasteiger partial charge in [-0.25, -0.2) is 8.42 Å². The Labute approximate surface area is 272 Å². The lowest BCUT2D eigenvalue weighted by atomic mass is 9.84. The van der Waals surface area contributed by atoms with Gasteiger partial charge in [-0.1, -0.05) is 51.7 Å². The molecule has 1 aromatic carbocycles. The van der Waals surface area contributed by atoms with Crippen LogP contribution in [-0.2, 0) is 26.1 Å². The molecule has 1 aliphatic rings. The molecule has 0 aliphatic carbocycles. The SMILES string of the molecule is CC[C@@H]1CN(Cc2cc(C(c3cc(OC)c(C(C)=O)s3)C(C)C(=O)OCC[Si](C)(C)C)ccc2C)S(=O)(=O)c2cnccc2O1. The molecular formula is C33H44N2O7S2Si. The van der Waals surface area contributed by atoms with Crippen molar-refractivity contribution in [1.82, 2.24) is 9.29 Å². The number of carbonyl (C=O) groups is 2. The monoisotopic (exact) mass is 672 g/mol. The van der Waals surface area contributed by atoms with Gasteiger partial charge in [0.05, 0.1) is 32.4 Å². The van der Waals surface area contributed by atoms with Crippen LogP contribution in [0.25, 0.3) is 0 Å². The van der Waals surface area contributed by atoms with E-state index >= 15 is 0 Å². The third-order valence-electron chi connectivity index (χ3n) is 8.13. The van der Waals surface area contributed by atoms with Gasteiger partial charge in [-0.2, -0.15) is 4.31 Å². The fourth-order valence-corrected chi connectivity index (χ4v) is 8.80. The van der Waals surface area contributed by atoms with Gasteiger partial charge in [-0.15, -0.1) is 11.3 Å². The predicted octanol–water partition coefficient (Wildman–Crippen LogP) is 6.67. The van der Waals surface area contributed by atoms with Gasteiger partial charge >= 0.3 is 5.97 Å². The number of ether oxygens (including phenoxy) is 3. The summed E-state index contributed by atoms with van der Waals surface area (Å²) in [6, 6.07) is 10.2. The number of nitrogens with zero attached hydrogens (tertiary/aromatic N) is 2. The third kappa shape index (κ3) is 8.03. The van der Waals surface area contributed by atoms with Crippen LogP contribution in [-0.4, -0.2) is 63.9 Å². The highest BCUT2D eigenvalue weighted by molar-refractivity contribution is 7.89. The maximum absolute atomic E-state index is 13.9. The van der Waals surface area contributed by atoms with Gasteiger partial charge in [0.1, 0.15) is 27.4 Å². The Morgan fingerprint density at radius 2 is 1.93 bits per heavy atom. The van der Waals surface area contributed by atoms with Gasteiger partial charge in [0, 0.05) is 38.5 Å². The predicted molar refractivity (Wildman–Crippen MR) is 179 cm³/mol. The van der Waals surface area contributed by atoms with Crippen LogP contribution in [0.1, 0.15) is 64.3 Å². The summed E-state index contributed by atoms with van der Waals surface area (Å²) in [5, 5.41) is 0. The normalized spacial score (nSPS) is 17.8. The van der Waals surface area contributed by atoms with E-state index in [2.05, 4.69) is 24.6 Å². The molecule has 0 N–H and O–H groups in total. The molecule has 244 valence electrons. The van der Waals surface area contributed by atoms with Crippen molar-refractivity contribution in [2.75, 3.05) is 20.3 Å². The number of rotatable bonds is 12. The Bertz CT molecular complexity index is 1650. The highest BCUT2D eigenvalue weighted by Gasteiger charge is 2.36. The van der Waals surface area contributed by atoms with E-state index in [1.165, 1.54) is 42.1 Å². The first-order chi connectivity index (χ1) is 21.2. The van der Waals surface area contributed by atoms with E-state index in [0.717, 1.165) is 27.6 Å². The molecule has 0 fully saturated rings. The summed E-state index contributed by atoms with van der Waals surface area (Å²) in [6.07, 6.45) is 3.17. The van der Waals surface area contributed by atoms with Crippen LogP contribution < -0.4 is 9.47 Å². The number of hydrogen-bond acceptors (Lipinski definition) is 9. The summed E-state index contributed by atoms with van der Waals surface area (Å²) in [5.41, 5.74) is 2.54. The Hall–Kier alpha value is -3.06. The van der Waals surface area contributed by atoms with E-state index < -0.39 is 29.9 Å². The summed E-state index contributed by atoms with van der Waals surface area (Å²) in [5.74, 6) is -0.701. The molecule has 9 nitrogen and oxygen atoms in total. The minimum atomic E-state index is -3.91. The van der Waals surface area contributed by atoms with Crippen molar-refractivity contribution in [2.45, 2.75) is 83.3 Å². The molecular weight excluding hydrogens is 629 g/mol. The molecule has 0 bridgehead atoms. The van der Waals surface area contributed by atoms with Crippen LogP contribution in [0.15, 0.2) is 47.6 Å². The molecule has 2 aromatic heterocycles. The number of carbonyl (C=O) groups excluding carboxylic acids is 2. The largest absolute Gasteiger partial charge is 0.495 e. The number of aryl methyl sites for hydroxylation is 1. The Morgan fingerprint density at radius 1 is 1.20 bits per heavy atom. The molecule has 1 aliphatic heterocycles. The summed E-state index contributed by atoms with van der Waals surface area (Å²) in [7, 11) is -3.80. The van der Waals surface area contributed by atoms with E-state index in [0.29, 0.717) is 29.4 Å². The molecule has 4 rings (SSSR count). The Morgan fingerprint density at radius 3 is 2.56 bits per heavy atom. The maximum Gasteiger partial charge on any atom is 0.309 e. The summed E-state index contributed by atoms with van der Waals surface area (Å²) in [6.45, 7) is 14.6. The van der Waals surface area contributed by atoms with Crippen LogP contribution >= 0.6 is 11.3 Å². The number of ketones is 1. The Balaban J connectivity index is 1.75. The molecule has 3 aromatic rings. The number of methoxy groups -OCH3 is 1. The van der Waals surface area contributed by atoms with E-state index in [4.69, 9.17) is 14.2 Å². The van der Waals surface area contributed by atoms with Gasteiger partial charge < -0.3 is 14.2 Å². The zero-order valence-corrected chi connectivity index (χ0v) is 30.0. The number of pyridine rings is 1. The second kappa shape index (κ2) is 14.1. The molecule has 12 heteroatoms. The third-order valence-corrected chi connectivity index (χ3v) is 13.0. The molecule has 0 spiro atoms. The zero-order chi connectivity index (χ0) is 33.1. The lowest BCUT2D eigenvalue weighted by Crippen LogP contribution is -2.36. The Kier molecular flexibility index (Phi) is 10.9. The first kappa shape index (κ1) is 34.8. The van der Waals surface area contributed by atoms with Gasteiger partial charge in [0.15, 0.2) is 5.78 Å². The summed E-state index contributed by atoms with van der Waals surface area (Å²) in [4.78, 5) is 31.3. The summed E-state index contributed by atoms with van der Waals surface area (Å²) < 4.78 is 46.5. The first-order valence-electron chi connectivity index (χ1n) is 15.2. The standard InChI is InChI=1S/C33H44N2O7S2Si/c1-9-26-20-35(44(38,39)30-18-34-13-12-27(30)42-26)19-25-16-24(11-10-21(25)2)31(22(3)33(37)41-14-15-45(6,7)8)29-17-28(40-5)32(43-29)23(4)36/h10-13,16-18,22,26,31H,9,14-15,19-20H2,1-8H3/t22?,26-,31?/m1/s1. The van der Waals surface area contributed by atoms with Crippen LogP contribution in [0.2, 0.25) is 25.7 Å². The van der Waals surface area contributed by atoms with Gasteiger partial charge in [0.25, 0.3) is 0 Å². The van der Waals surface area contributed by atoms with E-state index in [9.17, 15) is 18.0 Å². The number of sulfonamides is 1. The number of fused-ring (bicyclic) bond motifs is 1. The second-order valence-electron chi connectivity index (χ2n) is 12.8. The average Bonchev–Trinajstić information content (AvgIpc) is 3.37. The number of aromatic nitrogens is 1. The second-order valence-corrected chi connectivity index (χ2v) is 21.4. The molecule has 0 radical (unpaired) electrons. The van der Waals surface area contributed by atoms with Crippen molar-refractivity contribution in [3.63, 3.8) is 0 Å².